The zero-order valence-electron chi connectivity index (χ0n) is 10.3. The predicted molar refractivity (Wildman–Crippen MR) is 64.9 cm³/mol. The first kappa shape index (κ1) is 15.7. The normalized spacial score (nSPS) is 12.3. The Labute approximate surface area is 113 Å². The number of carbonyl (C=O) groups excluding carboxylic acids is 2. The number of alkyl carbamates (subject to hydrolysis) is 1. The Morgan fingerprint density at radius 1 is 1.30 bits per heavy atom. The van der Waals surface area contributed by atoms with Gasteiger partial charge in [0.15, 0.2) is 0 Å². The molecule has 1 unspecified atom stereocenters. The highest BCUT2D eigenvalue weighted by atomic mass is 19.4. The predicted octanol–water partition coefficient (Wildman–Crippen LogP) is 2.77. The summed E-state index contributed by atoms with van der Waals surface area (Å²) in [7, 11) is 0. The summed E-state index contributed by atoms with van der Waals surface area (Å²) < 4.78 is 42.1. The minimum atomic E-state index is -5.06. The number of amides is 1. The molecular weight excluding hydrogens is 275 g/mol. The number of hydrogen-bond acceptors (Lipinski definition) is 3. The molecule has 0 fully saturated rings. The van der Waals surface area contributed by atoms with Gasteiger partial charge in [0.1, 0.15) is 12.6 Å². The third-order valence-corrected chi connectivity index (χ3v) is 2.27. The van der Waals surface area contributed by atoms with Gasteiger partial charge in [0, 0.05) is 0 Å². The molecule has 108 valence electrons. The number of Topliss-reactive ketones (excluding diaryl/α,β-unsaturated/α-hetero) is 1. The van der Waals surface area contributed by atoms with Gasteiger partial charge in [-0.1, -0.05) is 43.0 Å². The van der Waals surface area contributed by atoms with Crippen molar-refractivity contribution < 1.29 is 27.5 Å². The fourth-order valence-corrected chi connectivity index (χ4v) is 1.40. The van der Waals surface area contributed by atoms with E-state index >= 15 is 0 Å². The van der Waals surface area contributed by atoms with Crippen LogP contribution in [0.15, 0.2) is 43.0 Å². The van der Waals surface area contributed by atoms with Crippen molar-refractivity contribution in [3.63, 3.8) is 0 Å². The van der Waals surface area contributed by atoms with E-state index in [0.29, 0.717) is 0 Å². The second-order valence-electron chi connectivity index (χ2n) is 3.74. The van der Waals surface area contributed by atoms with Gasteiger partial charge in [-0.05, 0) is 5.56 Å². The van der Waals surface area contributed by atoms with Gasteiger partial charge in [0.25, 0.3) is 5.78 Å². The Bertz CT molecular complexity index is 485. The lowest BCUT2D eigenvalue weighted by atomic mass is 10.0. The van der Waals surface area contributed by atoms with Gasteiger partial charge < -0.3 is 10.1 Å². The molecule has 0 aliphatic rings. The van der Waals surface area contributed by atoms with Gasteiger partial charge in [-0.25, -0.2) is 4.79 Å². The second kappa shape index (κ2) is 6.74. The summed E-state index contributed by atoms with van der Waals surface area (Å²) in [6, 6.07) is 5.28. The standard InChI is InChI=1S/C13H12F3NO3/c1-2-8-20-12(19)17-10(11(18)13(14,15)16)9-6-4-3-5-7-9/h2-7,10H,1,8H2,(H,17,19). The zero-order chi connectivity index (χ0) is 15.2. The molecule has 0 aliphatic carbocycles. The van der Waals surface area contributed by atoms with E-state index < -0.39 is 24.1 Å². The number of nitrogens with one attached hydrogen (secondary N) is 1. The average Bonchev–Trinajstić information content (AvgIpc) is 2.41. The molecule has 7 heteroatoms. The molecule has 1 aromatic rings. The van der Waals surface area contributed by atoms with Crippen LogP contribution in [0.4, 0.5) is 18.0 Å². The summed E-state index contributed by atoms with van der Waals surface area (Å²) in [5.41, 5.74) is 0.0189. The molecule has 0 radical (unpaired) electrons. The van der Waals surface area contributed by atoms with E-state index in [-0.39, 0.29) is 12.2 Å². The van der Waals surface area contributed by atoms with E-state index in [1.807, 2.05) is 5.32 Å². The van der Waals surface area contributed by atoms with E-state index in [2.05, 4.69) is 11.3 Å². The first-order valence-corrected chi connectivity index (χ1v) is 5.56. The Hall–Kier alpha value is -2.31. The highest BCUT2D eigenvalue weighted by Crippen LogP contribution is 2.26. The first-order valence-electron chi connectivity index (χ1n) is 5.56. The molecular formula is C13H12F3NO3. The van der Waals surface area contributed by atoms with Crippen molar-refractivity contribution in [2.45, 2.75) is 12.2 Å². The van der Waals surface area contributed by atoms with Gasteiger partial charge in [-0.15, -0.1) is 0 Å². The second-order valence-corrected chi connectivity index (χ2v) is 3.74. The molecule has 0 saturated heterocycles. The number of ketones is 1. The molecule has 0 spiro atoms. The van der Waals surface area contributed by atoms with Gasteiger partial charge in [-0.2, -0.15) is 13.2 Å². The summed E-state index contributed by atoms with van der Waals surface area (Å²) in [6.45, 7) is 3.12. The van der Waals surface area contributed by atoms with Gasteiger partial charge in [-0.3, -0.25) is 4.79 Å². The Kier molecular flexibility index (Phi) is 5.31. The van der Waals surface area contributed by atoms with Crippen LogP contribution >= 0.6 is 0 Å². The van der Waals surface area contributed by atoms with Crippen LogP contribution in [0.2, 0.25) is 0 Å². The highest BCUT2D eigenvalue weighted by Gasteiger charge is 2.44. The lowest BCUT2D eigenvalue weighted by molar-refractivity contribution is -0.173. The summed E-state index contributed by atoms with van der Waals surface area (Å²) >= 11 is 0. The van der Waals surface area contributed by atoms with Crippen LogP contribution in [0.25, 0.3) is 0 Å². The number of halogens is 3. The third kappa shape index (κ3) is 4.42. The van der Waals surface area contributed by atoms with Crippen molar-refractivity contribution in [1.82, 2.24) is 5.32 Å². The summed E-state index contributed by atoms with van der Waals surface area (Å²) in [5.74, 6) is -2.07. The third-order valence-electron chi connectivity index (χ3n) is 2.27. The van der Waals surface area contributed by atoms with Crippen molar-refractivity contribution in [1.29, 1.82) is 0 Å². The minimum absolute atomic E-state index is 0.0189. The molecule has 0 aliphatic heterocycles. The Morgan fingerprint density at radius 3 is 2.40 bits per heavy atom. The minimum Gasteiger partial charge on any atom is -0.445 e. The smallest absolute Gasteiger partial charge is 0.445 e. The molecule has 1 N–H and O–H groups in total. The SMILES string of the molecule is C=CCOC(=O)NC(C(=O)C(F)(F)F)c1ccccc1. The maximum Gasteiger partial charge on any atom is 0.452 e. The maximum atomic E-state index is 12.5. The summed E-state index contributed by atoms with van der Waals surface area (Å²) in [5, 5.41) is 1.90. The van der Waals surface area contributed by atoms with Gasteiger partial charge >= 0.3 is 12.3 Å². The molecule has 1 aromatic carbocycles. The molecule has 4 nitrogen and oxygen atoms in total. The first-order chi connectivity index (χ1) is 9.36. The molecule has 20 heavy (non-hydrogen) atoms. The van der Waals surface area contributed by atoms with Crippen molar-refractivity contribution in [2.75, 3.05) is 6.61 Å². The van der Waals surface area contributed by atoms with E-state index in [4.69, 9.17) is 0 Å². The van der Waals surface area contributed by atoms with Crippen LogP contribution in [0.5, 0.6) is 0 Å². The van der Waals surface area contributed by atoms with Crippen LogP contribution in [0, 0.1) is 0 Å². The molecule has 0 bridgehead atoms. The van der Waals surface area contributed by atoms with Crippen LogP contribution in [0.1, 0.15) is 11.6 Å². The lowest BCUT2D eigenvalue weighted by Gasteiger charge is -2.18. The monoisotopic (exact) mass is 287 g/mol. The molecule has 0 heterocycles. The van der Waals surface area contributed by atoms with Gasteiger partial charge in [0.2, 0.25) is 0 Å². The molecule has 1 atom stereocenters. The van der Waals surface area contributed by atoms with E-state index in [9.17, 15) is 22.8 Å². The molecule has 1 rings (SSSR count). The number of ether oxygens (including phenoxy) is 1. The Balaban J connectivity index is 2.94. The van der Waals surface area contributed by atoms with Crippen molar-refractivity contribution in [3.8, 4) is 0 Å². The van der Waals surface area contributed by atoms with E-state index in [0.717, 1.165) is 0 Å². The van der Waals surface area contributed by atoms with Crippen molar-refractivity contribution >= 4 is 11.9 Å². The average molecular weight is 287 g/mol. The summed E-state index contributed by atoms with van der Waals surface area (Å²) in [4.78, 5) is 22.7. The van der Waals surface area contributed by atoms with Crippen molar-refractivity contribution in [2.24, 2.45) is 0 Å². The molecule has 1 amide bonds. The highest BCUT2D eigenvalue weighted by molar-refractivity contribution is 5.92. The summed E-state index contributed by atoms with van der Waals surface area (Å²) in [6.07, 6.45) is -4.94. The van der Waals surface area contributed by atoms with Crippen molar-refractivity contribution in [3.05, 3.63) is 48.6 Å². The fourth-order valence-electron chi connectivity index (χ4n) is 1.40. The number of hydrogen-bond donors (Lipinski definition) is 1. The van der Waals surface area contributed by atoms with Crippen LogP contribution < -0.4 is 5.32 Å². The molecule has 0 saturated carbocycles. The molecule has 0 aromatic heterocycles. The topological polar surface area (TPSA) is 55.4 Å². The van der Waals surface area contributed by atoms with Gasteiger partial charge in [0.05, 0.1) is 0 Å². The number of benzene rings is 1. The number of carbonyl (C=O) groups is 2. The lowest BCUT2D eigenvalue weighted by Crippen LogP contribution is -2.40. The fraction of sp³-hybridized carbons (Fsp3) is 0.231. The quantitative estimate of drug-likeness (QED) is 0.847. The number of rotatable bonds is 5. The Morgan fingerprint density at radius 2 is 1.90 bits per heavy atom. The zero-order valence-corrected chi connectivity index (χ0v) is 10.3. The van der Waals surface area contributed by atoms with E-state index in [1.54, 1.807) is 6.07 Å². The van der Waals surface area contributed by atoms with Crippen LogP contribution in [-0.4, -0.2) is 24.7 Å². The number of alkyl halides is 3. The van der Waals surface area contributed by atoms with Crippen LogP contribution in [0.3, 0.4) is 0 Å². The maximum absolute atomic E-state index is 12.5. The largest absolute Gasteiger partial charge is 0.452 e. The van der Waals surface area contributed by atoms with Crippen LogP contribution in [-0.2, 0) is 9.53 Å². The van der Waals surface area contributed by atoms with E-state index in [1.165, 1.54) is 30.3 Å².